The zero-order chi connectivity index (χ0) is 19.2. The third kappa shape index (κ3) is 4.83. The fourth-order valence-electron chi connectivity index (χ4n) is 2.69. The third-order valence-corrected chi connectivity index (χ3v) is 4.67. The van der Waals surface area contributed by atoms with Gasteiger partial charge in [0.1, 0.15) is 5.82 Å². The van der Waals surface area contributed by atoms with Crippen LogP contribution in [0.2, 0.25) is 5.02 Å². The molecule has 1 amide bonds. The first-order valence-electron chi connectivity index (χ1n) is 8.44. The van der Waals surface area contributed by atoms with E-state index in [-0.39, 0.29) is 11.7 Å². The number of rotatable bonds is 6. The van der Waals surface area contributed by atoms with Crippen LogP contribution in [0.4, 0.5) is 4.39 Å². The van der Waals surface area contributed by atoms with Gasteiger partial charge in [-0.3, -0.25) is 9.78 Å². The van der Waals surface area contributed by atoms with E-state index < -0.39 is 0 Å². The molecule has 1 N–H and O–H groups in total. The minimum atomic E-state index is -0.366. The summed E-state index contributed by atoms with van der Waals surface area (Å²) in [6.07, 6.45) is 4.40. The van der Waals surface area contributed by atoms with Gasteiger partial charge in [-0.25, -0.2) is 4.39 Å². The molecule has 2 aromatic carbocycles. The summed E-state index contributed by atoms with van der Waals surface area (Å²) in [6, 6.07) is 13.0. The van der Waals surface area contributed by atoms with Gasteiger partial charge >= 0.3 is 0 Å². The molecule has 0 unspecified atom stereocenters. The molecule has 4 nitrogen and oxygen atoms in total. The van der Waals surface area contributed by atoms with Gasteiger partial charge in [0.2, 0.25) is 0 Å². The minimum absolute atomic E-state index is 0.263. The monoisotopic (exact) mass is 384 g/mol. The van der Waals surface area contributed by atoms with Crippen molar-refractivity contribution in [3.63, 3.8) is 0 Å². The van der Waals surface area contributed by atoms with Crippen molar-refractivity contribution in [3.8, 4) is 5.75 Å². The smallest absolute Gasteiger partial charge is 0.284 e. The Balaban J connectivity index is 1.74. The van der Waals surface area contributed by atoms with Crippen molar-refractivity contribution in [2.45, 2.75) is 19.8 Å². The molecule has 0 atom stereocenters. The maximum Gasteiger partial charge on any atom is 0.284 e. The van der Waals surface area contributed by atoms with E-state index in [4.69, 9.17) is 16.4 Å². The predicted octanol–water partition coefficient (Wildman–Crippen LogP) is 4.69. The first-order chi connectivity index (χ1) is 13.0. The summed E-state index contributed by atoms with van der Waals surface area (Å²) < 4.78 is 13.1. The highest BCUT2D eigenvalue weighted by atomic mass is 35.5. The molecule has 0 aliphatic rings. The maximum atomic E-state index is 13.1. The van der Waals surface area contributed by atoms with Gasteiger partial charge in [-0.2, -0.15) is 5.48 Å². The molecule has 3 rings (SSSR count). The van der Waals surface area contributed by atoms with Crippen LogP contribution in [-0.4, -0.2) is 10.9 Å². The van der Waals surface area contributed by atoms with Gasteiger partial charge in [-0.1, -0.05) is 23.7 Å². The van der Waals surface area contributed by atoms with Crippen LogP contribution in [0.25, 0.3) is 0 Å². The Morgan fingerprint density at radius 2 is 1.78 bits per heavy atom. The van der Waals surface area contributed by atoms with E-state index in [9.17, 15) is 9.18 Å². The van der Waals surface area contributed by atoms with Crippen molar-refractivity contribution < 1.29 is 14.0 Å². The topological polar surface area (TPSA) is 51.2 Å². The second-order valence-electron chi connectivity index (χ2n) is 6.04. The predicted molar refractivity (Wildman–Crippen MR) is 102 cm³/mol. The van der Waals surface area contributed by atoms with E-state index in [2.05, 4.69) is 10.5 Å². The summed E-state index contributed by atoms with van der Waals surface area (Å²) in [6.45, 7) is 1.90. The number of hydrogen-bond donors (Lipinski definition) is 1. The lowest BCUT2D eigenvalue weighted by atomic mass is 9.99. The first-order valence-corrected chi connectivity index (χ1v) is 8.82. The number of amides is 1. The molecule has 1 aromatic heterocycles. The summed E-state index contributed by atoms with van der Waals surface area (Å²) in [5.74, 6) is -0.101. The quantitative estimate of drug-likeness (QED) is 0.627. The molecular weight excluding hydrogens is 367 g/mol. The summed E-state index contributed by atoms with van der Waals surface area (Å²) in [4.78, 5) is 21.6. The number of halogens is 2. The van der Waals surface area contributed by atoms with Gasteiger partial charge in [0.05, 0.1) is 0 Å². The van der Waals surface area contributed by atoms with Crippen LogP contribution in [0.15, 0.2) is 60.9 Å². The van der Waals surface area contributed by atoms with Gasteiger partial charge in [0.25, 0.3) is 5.91 Å². The lowest BCUT2D eigenvalue weighted by Crippen LogP contribution is -2.27. The average Bonchev–Trinajstić information content (AvgIpc) is 2.70. The van der Waals surface area contributed by atoms with Crippen molar-refractivity contribution >= 4 is 17.5 Å². The standard InChI is InChI=1S/C21H18ClFN2O2/c1-14-18(7-4-15-2-5-17(23)6-3-15)20(9-8-19(14)22)27-25-21(26)16-10-12-24-13-11-16/h2-3,5-6,8-13H,4,7H2,1H3,(H,25,26). The molecule has 0 bridgehead atoms. The van der Waals surface area contributed by atoms with Crippen molar-refractivity contribution in [3.05, 3.63) is 94.0 Å². The fourth-order valence-corrected chi connectivity index (χ4v) is 2.87. The van der Waals surface area contributed by atoms with E-state index in [1.165, 1.54) is 24.5 Å². The molecule has 0 aliphatic carbocycles. The Bertz CT molecular complexity index is 931. The van der Waals surface area contributed by atoms with Gasteiger partial charge in [-0.15, -0.1) is 0 Å². The lowest BCUT2D eigenvalue weighted by molar-refractivity contribution is 0.0758. The van der Waals surface area contributed by atoms with E-state index in [0.29, 0.717) is 29.2 Å². The maximum absolute atomic E-state index is 13.1. The SMILES string of the molecule is Cc1c(Cl)ccc(ONC(=O)c2ccncc2)c1CCc1ccc(F)cc1. The number of nitrogens with zero attached hydrogens (tertiary/aromatic N) is 1. The van der Waals surface area contributed by atoms with Gasteiger partial charge in [0.15, 0.2) is 5.75 Å². The van der Waals surface area contributed by atoms with Crippen molar-refractivity contribution in [2.75, 3.05) is 0 Å². The van der Waals surface area contributed by atoms with Gasteiger partial charge in [-0.05, 0) is 67.3 Å². The highest BCUT2D eigenvalue weighted by molar-refractivity contribution is 6.31. The molecule has 0 spiro atoms. The zero-order valence-electron chi connectivity index (χ0n) is 14.7. The van der Waals surface area contributed by atoms with Gasteiger partial charge in [0, 0.05) is 28.5 Å². The molecular formula is C21H18ClFN2O2. The molecule has 0 saturated carbocycles. The summed E-state index contributed by atoms with van der Waals surface area (Å²) in [7, 11) is 0. The van der Waals surface area contributed by atoms with Crippen LogP contribution < -0.4 is 10.3 Å². The molecule has 0 saturated heterocycles. The zero-order valence-corrected chi connectivity index (χ0v) is 15.5. The number of hydroxylamine groups is 1. The van der Waals surface area contributed by atoms with E-state index in [0.717, 1.165) is 16.7 Å². The fraction of sp³-hybridized carbons (Fsp3) is 0.143. The number of carbonyl (C=O) groups is 1. The van der Waals surface area contributed by atoms with Crippen LogP contribution in [0.1, 0.15) is 27.0 Å². The number of carbonyl (C=O) groups excluding carboxylic acids is 1. The Morgan fingerprint density at radius 3 is 2.48 bits per heavy atom. The normalized spacial score (nSPS) is 10.5. The molecule has 6 heteroatoms. The molecule has 27 heavy (non-hydrogen) atoms. The summed E-state index contributed by atoms with van der Waals surface area (Å²) in [5, 5.41) is 0.622. The minimum Gasteiger partial charge on any atom is -0.379 e. The number of nitrogens with one attached hydrogen (secondary N) is 1. The van der Waals surface area contributed by atoms with E-state index >= 15 is 0 Å². The summed E-state index contributed by atoms with van der Waals surface area (Å²) >= 11 is 6.25. The van der Waals surface area contributed by atoms with Crippen LogP contribution in [0.3, 0.4) is 0 Å². The molecule has 1 heterocycles. The van der Waals surface area contributed by atoms with Crippen molar-refractivity contribution in [1.82, 2.24) is 10.5 Å². The van der Waals surface area contributed by atoms with Gasteiger partial charge < -0.3 is 4.84 Å². The molecule has 3 aromatic rings. The van der Waals surface area contributed by atoms with Crippen LogP contribution in [0.5, 0.6) is 5.75 Å². The Morgan fingerprint density at radius 1 is 1.07 bits per heavy atom. The number of benzene rings is 2. The average molecular weight is 385 g/mol. The van der Waals surface area contributed by atoms with E-state index in [1.54, 1.807) is 36.4 Å². The van der Waals surface area contributed by atoms with Crippen LogP contribution in [-0.2, 0) is 12.8 Å². The van der Waals surface area contributed by atoms with Crippen LogP contribution in [0, 0.1) is 12.7 Å². The second-order valence-corrected chi connectivity index (χ2v) is 6.45. The molecule has 0 radical (unpaired) electrons. The molecule has 0 fully saturated rings. The lowest BCUT2D eigenvalue weighted by Gasteiger charge is -2.15. The summed E-state index contributed by atoms with van der Waals surface area (Å²) in [5.41, 5.74) is 5.67. The highest BCUT2D eigenvalue weighted by Gasteiger charge is 2.13. The van der Waals surface area contributed by atoms with Crippen molar-refractivity contribution in [2.24, 2.45) is 0 Å². The van der Waals surface area contributed by atoms with Crippen molar-refractivity contribution in [1.29, 1.82) is 0 Å². The first kappa shape index (κ1) is 18.9. The largest absolute Gasteiger partial charge is 0.379 e. The Labute approximate surface area is 161 Å². The Hall–Kier alpha value is -2.92. The second kappa shape index (κ2) is 8.64. The number of aromatic nitrogens is 1. The highest BCUT2D eigenvalue weighted by Crippen LogP contribution is 2.29. The van der Waals surface area contributed by atoms with E-state index in [1.807, 2.05) is 6.92 Å². The third-order valence-electron chi connectivity index (χ3n) is 4.26. The Kier molecular flexibility index (Phi) is 6.04. The molecule has 138 valence electrons. The number of aryl methyl sites for hydroxylation is 1. The van der Waals surface area contributed by atoms with Crippen LogP contribution >= 0.6 is 11.6 Å². The molecule has 0 aliphatic heterocycles. The number of hydrogen-bond acceptors (Lipinski definition) is 3. The number of pyridine rings is 1.